The van der Waals surface area contributed by atoms with Crippen LogP contribution in [0.1, 0.15) is 44.8 Å². The summed E-state index contributed by atoms with van der Waals surface area (Å²) in [4.78, 5) is 5.75. The van der Waals surface area contributed by atoms with Gasteiger partial charge in [-0.3, -0.25) is 4.98 Å². The third-order valence-electron chi connectivity index (χ3n) is 2.65. The second-order valence-corrected chi connectivity index (χ2v) is 5.15. The van der Waals surface area contributed by atoms with Crippen molar-refractivity contribution in [3.05, 3.63) is 24.0 Å². The summed E-state index contributed by atoms with van der Waals surface area (Å²) < 4.78 is 0. The molecule has 0 aliphatic rings. The van der Waals surface area contributed by atoms with Crippen molar-refractivity contribution in [2.24, 2.45) is 0 Å². The van der Waals surface area contributed by atoms with E-state index in [1.165, 1.54) is 29.9 Å². The largest absolute Gasteiger partial charge is 0.312 e. The quantitative estimate of drug-likeness (QED) is 0.580. The van der Waals surface area contributed by atoms with Crippen LogP contribution in [-0.4, -0.2) is 17.8 Å². The summed E-state index contributed by atoms with van der Waals surface area (Å²) in [5.41, 5.74) is 1.11. The fourth-order valence-corrected chi connectivity index (χ4v) is 2.30. The molecule has 0 fully saturated rings. The van der Waals surface area contributed by atoms with Crippen molar-refractivity contribution in [1.29, 1.82) is 0 Å². The molecule has 1 rings (SSSR count). The number of aromatic nitrogens is 1. The highest BCUT2D eigenvalue weighted by Crippen LogP contribution is 2.20. The van der Waals surface area contributed by atoms with Crippen LogP contribution in [0.2, 0.25) is 0 Å². The maximum Gasteiger partial charge on any atom is 0.0571 e. The number of nitrogens with zero attached hydrogens (tertiary/aromatic N) is 1. The van der Waals surface area contributed by atoms with E-state index >= 15 is 0 Å². The summed E-state index contributed by atoms with van der Waals surface area (Å²) >= 11 is 1.91. The molecule has 0 aliphatic heterocycles. The van der Waals surface area contributed by atoms with Gasteiger partial charge in [-0.05, 0) is 38.3 Å². The minimum Gasteiger partial charge on any atom is -0.312 e. The molecule has 0 saturated heterocycles. The van der Waals surface area contributed by atoms with Crippen LogP contribution < -0.4 is 5.32 Å². The molecule has 1 aromatic rings. The van der Waals surface area contributed by atoms with Crippen molar-refractivity contribution >= 4 is 11.8 Å². The summed E-state index contributed by atoms with van der Waals surface area (Å²) in [6.45, 7) is 4.36. The standard InChI is InChI=1S/C13H22N2S/c1-4-5-6-9-16-12-7-8-13(15-10-12)11(2)14-3/h7-8,10-11,14H,4-6,9H2,1-3H3. The molecule has 1 atom stereocenters. The second-order valence-electron chi connectivity index (χ2n) is 3.98. The number of rotatable bonds is 7. The summed E-state index contributed by atoms with van der Waals surface area (Å²) in [6, 6.07) is 4.62. The first kappa shape index (κ1) is 13.5. The van der Waals surface area contributed by atoms with Crippen molar-refractivity contribution in [2.45, 2.75) is 44.0 Å². The monoisotopic (exact) mass is 238 g/mol. The van der Waals surface area contributed by atoms with Crippen LogP contribution in [0.5, 0.6) is 0 Å². The maximum atomic E-state index is 4.47. The Labute approximate surface area is 103 Å². The predicted octanol–water partition coefficient (Wildman–Crippen LogP) is 3.64. The summed E-state index contributed by atoms with van der Waals surface area (Å²) in [6.07, 6.45) is 5.91. The smallest absolute Gasteiger partial charge is 0.0571 e. The van der Waals surface area contributed by atoms with Crippen LogP contribution in [0.3, 0.4) is 0 Å². The average molecular weight is 238 g/mol. The molecule has 0 spiro atoms. The van der Waals surface area contributed by atoms with Gasteiger partial charge in [-0.1, -0.05) is 19.8 Å². The molecular weight excluding hydrogens is 216 g/mol. The molecule has 0 amide bonds. The Hall–Kier alpha value is -0.540. The van der Waals surface area contributed by atoms with E-state index in [0.29, 0.717) is 6.04 Å². The molecule has 0 saturated carbocycles. The van der Waals surface area contributed by atoms with Crippen molar-refractivity contribution in [3.8, 4) is 0 Å². The first-order valence-electron chi connectivity index (χ1n) is 6.04. The topological polar surface area (TPSA) is 24.9 Å². The SMILES string of the molecule is CCCCCSc1ccc(C(C)NC)nc1. The van der Waals surface area contributed by atoms with E-state index in [4.69, 9.17) is 0 Å². The molecule has 1 N–H and O–H groups in total. The third kappa shape index (κ3) is 4.54. The number of hydrogen-bond acceptors (Lipinski definition) is 3. The van der Waals surface area contributed by atoms with E-state index in [2.05, 4.69) is 36.3 Å². The highest BCUT2D eigenvalue weighted by Gasteiger charge is 2.03. The fraction of sp³-hybridized carbons (Fsp3) is 0.615. The van der Waals surface area contributed by atoms with Crippen LogP contribution in [-0.2, 0) is 0 Å². The molecule has 90 valence electrons. The molecule has 0 bridgehead atoms. The fourth-order valence-electron chi connectivity index (χ4n) is 1.42. The molecule has 1 aromatic heterocycles. The number of unbranched alkanes of at least 4 members (excludes halogenated alkanes) is 2. The van der Waals surface area contributed by atoms with Gasteiger partial charge in [0.2, 0.25) is 0 Å². The van der Waals surface area contributed by atoms with Gasteiger partial charge in [0.1, 0.15) is 0 Å². The van der Waals surface area contributed by atoms with Gasteiger partial charge in [-0.2, -0.15) is 0 Å². The highest BCUT2D eigenvalue weighted by atomic mass is 32.2. The Morgan fingerprint density at radius 2 is 2.19 bits per heavy atom. The lowest BCUT2D eigenvalue weighted by Crippen LogP contribution is -2.13. The summed E-state index contributed by atoms with van der Waals surface area (Å²) in [5.74, 6) is 1.20. The normalized spacial score (nSPS) is 12.7. The van der Waals surface area contributed by atoms with Gasteiger partial charge in [0.25, 0.3) is 0 Å². The Morgan fingerprint density at radius 3 is 2.75 bits per heavy atom. The molecule has 16 heavy (non-hydrogen) atoms. The Balaban J connectivity index is 2.39. The minimum absolute atomic E-state index is 0.333. The Bertz CT molecular complexity index is 284. The Morgan fingerprint density at radius 1 is 1.38 bits per heavy atom. The van der Waals surface area contributed by atoms with E-state index in [1.807, 2.05) is 25.0 Å². The van der Waals surface area contributed by atoms with Crippen LogP contribution in [0.15, 0.2) is 23.2 Å². The summed E-state index contributed by atoms with van der Waals surface area (Å²) in [7, 11) is 1.96. The maximum absolute atomic E-state index is 4.47. The van der Waals surface area contributed by atoms with Crippen LogP contribution >= 0.6 is 11.8 Å². The first-order chi connectivity index (χ1) is 7.77. The number of pyridine rings is 1. The zero-order valence-corrected chi connectivity index (χ0v) is 11.3. The average Bonchev–Trinajstić information content (AvgIpc) is 2.34. The first-order valence-corrected chi connectivity index (χ1v) is 7.02. The van der Waals surface area contributed by atoms with E-state index < -0.39 is 0 Å². The lowest BCUT2D eigenvalue weighted by atomic mass is 10.2. The molecule has 0 aromatic carbocycles. The predicted molar refractivity (Wildman–Crippen MR) is 72.0 cm³/mol. The Kier molecular flexibility index (Phi) is 6.50. The molecule has 3 heteroatoms. The van der Waals surface area contributed by atoms with Crippen molar-refractivity contribution in [2.75, 3.05) is 12.8 Å². The van der Waals surface area contributed by atoms with Crippen LogP contribution in [0.25, 0.3) is 0 Å². The van der Waals surface area contributed by atoms with E-state index in [-0.39, 0.29) is 0 Å². The number of hydrogen-bond donors (Lipinski definition) is 1. The van der Waals surface area contributed by atoms with Crippen molar-refractivity contribution in [1.82, 2.24) is 10.3 Å². The zero-order valence-electron chi connectivity index (χ0n) is 10.5. The number of nitrogens with one attached hydrogen (secondary N) is 1. The van der Waals surface area contributed by atoms with Gasteiger partial charge in [0.15, 0.2) is 0 Å². The molecule has 0 aliphatic carbocycles. The van der Waals surface area contributed by atoms with Gasteiger partial charge in [-0.15, -0.1) is 11.8 Å². The highest BCUT2D eigenvalue weighted by molar-refractivity contribution is 7.99. The van der Waals surface area contributed by atoms with E-state index in [1.54, 1.807) is 0 Å². The van der Waals surface area contributed by atoms with Crippen LogP contribution in [0.4, 0.5) is 0 Å². The van der Waals surface area contributed by atoms with Crippen LogP contribution in [0, 0.1) is 0 Å². The second kappa shape index (κ2) is 7.69. The summed E-state index contributed by atoms with van der Waals surface area (Å²) in [5, 5.41) is 3.19. The number of thioether (sulfide) groups is 1. The molecule has 2 nitrogen and oxygen atoms in total. The van der Waals surface area contributed by atoms with E-state index in [0.717, 1.165) is 5.69 Å². The molecule has 1 unspecified atom stereocenters. The molecule has 0 radical (unpaired) electrons. The van der Waals surface area contributed by atoms with Gasteiger partial charge in [0, 0.05) is 17.1 Å². The van der Waals surface area contributed by atoms with Gasteiger partial charge in [0.05, 0.1) is 5.69 Å². The molecule has 1 heterocycles. The van der Waals surface area contributed by atoms with E-state index in [9.17, 15) is 0 Å². The van der Waals surface area contributed by atoms with Crippen molar-refractivity contribution < 1.29 is 0 Å². The van der Waals surface area contributed by atoms with Crippen molar-refractivity contribution in [3.63, 3.8) is 0 Å². The third-order valence-corrected chi connectivity index (χ3v) is 3.72. The minimum atomic E-state index is 0.333. The van der Waals surface area contributed by atoms with Gasteiger partial charge < -0.3 is 5.32 Å². The lowest BCUT2D eigenvalue weighted by Gasteiger charge is -2.09. The van der Waals surface area contributed by atoms with Gasteiger partial charge >= 0.3 is 0 Å². The lowest BCUT2D eigenvalue weighted by molar-refractivity contribution is 0.631. The zero-order chi connectivity index (χ0) is 11.8. The molecular formula is C13H22N2S. The van der Waals surface area contributed by atoms with Gasteiger partial charge in [-0.25, -0.2) is 0 Å².